The maximum Gasteiger partial charge on any atom is 0.165 e. The smallest absolute Gasteiger partial charge is 0.165 e. The van der Waals surface area contributed by atoms with E-state index in [4.69, 9.17) is 9.47 Å². The van der Waals surface area contributed by atoms with E-state index in [1.54, 1.807) is 6.07 Å². The molecule has 0 aliphatic rings. The third kappa shape index (κ3) is 4.18. The molecule has 0 saturated heterocycles. The van der Waals surface area contributed by atoms with Crippen molar-refractivity contribution < 1.29 is 13.9 Å². The average molecular weight is 269 g/mol. The SMILES string of the molecule is CCNC(c1ccc(OC)c(F)c1)C(CC)OCC. The Hall–Kier alpha value is -1.13. The molecule has 0 spiro atoms. The van der Waals surface area contributed by atoms with Crippen LogP contribution in [0.15, 0.2) is 18.2 Å². The lowest BCUT2D eigenvalue weighted by atomic mass is 9.99. The molecule has 4 heteroatoms. The Morgan fingerprint density at radius 1 is 1.26 bits per heavy atom. The van der Waals surface area contributed by atoms with Crippen molar-refractivity contribution in [1.29, 1.82) is 0 Å². The largest absolute Gasteiger partial charge is 0.494 e. The zero-order valence-corrected chi connectivity index (χ0v) is 12.2. The molecule has 0 aliphatic heterocycles. The lowest BCUT2D eigenvalue weighted by molar-refractivity contribution is 0.0317. The van der Waals surface area contributed by atoms with Gasteiger partial charge in [0.25, 0.3) is 0 Å². The maximum atomic E-state index is 13.8. The van der Waals surface area contributed by atoms with Crippen molar-refractivity contribution in [2.24, 2.45) is 0 Å². The number of benzene rings is 1. The second-order valence-electron chi connectivity index (χ2n) is 4.33. The van der Waals surface area contributed by atoms with Gasteiger partial charge in [0.2, 0.25) is 0 Å². The van der Waals surface area contributed by atoms with Gasteiger partial charge in [-0.15, -0.1) is 0 Å². The topological polar surface area (TPSA) is 30.5 Å². The summed E-state index contributed by atoms with van der Waals surface area (Å²) in [4.78, 5) is 0. The van der Waals surface area contributed by atoms with Crippen molar-refractivity contribution in [2.75, 3.05) is 20.3 Å². The summed E-state index contributed by atoms with van der Waals surface area (Å²) in [6.07, 6.45) is 0.914. The Balaban J connectivity index is 3.00. The molecule has 3 nitrogen and oxygen atoms in total. The molecular weight excluding hydrogens is 245 g/mol. The molecule has 0 fully saturated rings. The normalized spacial score (nSPS) is 14.2. The molecule has 1 aromatic rings. The van der Waals surface area contributed by atoms with Crippen LogP contribution in [0.2, 0.25) is 0 Å². The highest BCUT2D eigenvalue weighted by molar-refractivity contribution is 5.31. The van der Waals surface area contributed by atoms with Crippen molar-refractivity contribution >= 4 is 0 Å². The molecule has 1 aromatic carbocycles. The van der Waals surface area contributed by atoms with E-state index >= 15 is 0 Å². The van der Waals surface area contributed by atoms with Gasteiger partial charge in [-0.05, 0) is 37.6 Å². The molecule has 0 radical (unpaired) electrons. The van der Waals surface area contributed by atoms with E-state index in [9.17, 15) is 4.39 Å². The van der Waals surface area contributed by atoms with Gasteiger partial charge >= 0.3 is 0 Å². The van der Waals surface area contributed by atoms with Crippen LogP contribution in [0.4, 0.5) is 4.39 Å². The summed E-state index contributed by atoms with van der Waals surface area (Å²) in [5, 5.41) is 3.37. The first-order valence-electron chi connectivity index (χ1n) is 6.86. The van der Waals surface area contributed by atoms with E-state index in [1.807, 2.05) is 19.9 Å². The van der Waals surface area contributed by atoms with Crippen LogP contribution in [0.3, 0.4) is 0 Å². The molecule has 19 heavy (non-hydrogen) atoms. The molecule has 0 heterocycles. The number of ether oxygens (including phenoxy) is 2. The van der Waals surface area contributed by atoms with Crippen molar-refractivity contribution in [1.82, 2.24) is 5.32 Å². The standard InChI is InChI=1S/C15H24FNO2/c1-5-13(19-7-3)15(17-6-2)11-8-9-14(18-4)12(16)10-11/h8-10,13,15,17H,5-7H2,1-4H3. The van der Waals surface area contributed by atoms with E-state index in [0.717, 1.165) is 18.5 Å². The van der Waals surface area contributed by atoms with Gasteiger partial charge in [-0.25, -0.2) is 4.39 Å². The minimum absolute atomic E-state index is 0.00430. The number of hydrogen-bond donors (Lipinski definition) is 1. The van der Waals surface area contributed by atoms with Crippen LogP contribution < -0.4 is 10.1 Å². The molecule has 0 amide bonds. The third-order valence-corrected chi connectivity index (χ3v) is 3.11. The highest BCUT2D eigenvalue weighted by Crippen LogP contribution is 2.26. The van der Waals surface area contributed by atoms with Crippen LogP contribution in [0.25, 0.3) is 0 Å². The quantitative estimate of drug-likeness (QED) is 0.785. The number of nitrogens with one attached hydrogen (secondary N) is 1. The Bertz CT molecular complexity index is 384. The van der Waals surface area contributed by atoms with Gasteiger partial charge in [-0.1, -0.05) is 19.9 Å². The molecule has 1 N–H and O–H groups in total. The second kappa shape index (κ2) is 8.12. The summed E-state index contributed by atoms with van der Waals surface area (Å²) in [6.45, 7) is 7.54. The van der Waals surface area contributed by atoms with Gasteiger partial charge < -0.3 is 14.8 Å². The molecule has 0 aromatic heterocycles. The fourth-order valence-corrected chi connectivity index (χ4v) is 2.22. The van der Waals surface area contributed by atoms with Crippen LogP contribution in [-0.2, 0) is 4.74 Å². The Morgan fingerprint density at radius 3 is 2.47 bits per heavy atom. The lowest BCUT2D eigenvalue weighted by Gasteiger charge is -2.27. The van der Waals surface area contributed by atoms with Crippen LogP contribution in [0.1, 0.15) is 38.8 Å². The van der Waals surface area contributed by atoms with Gasteiger partial charge in [-0.3, -0.25) is 0 Å². The number of rotatable bonds is 8. The predicted molar refractivity (Wildman–Crippen MR) is 75.1 cm³/mol. The molecule has 0 bridgehead atoms. The molecule has 108 valence electrons. The van der Waals surface area contributed by atoms with Gasteiger partial charge in [0, 0.05) is 6.61 Å². The van der Waals surface area contributed by atoms with Gasteiger partial charge in [0.15, 0.2) is 11.6 Å². The second-order valence-corrected chi connectivity index (χ2v) is 4.33. The zero-order chi connectivity index (χ0) is 14.3. The maximum absolute atomic E-state index is 13.8. The van der Waals surface area contributed by atoms with Gasteiger partial charge in [0.1, 0.15) is 0 Å². The van der Waals surface area contributed by atoms with E-state index in [1.165, 1.54) is 13.2 Å². The zero-order valence-electron chi connectivity index (χ0n) is 12.2. The fraction of sp³-hybridized carbons (Fsp3) is 0.600. The van der Waals surface area contributed by atoms with Crippen LogP contribution >= 0.6 is 0 Å². The first kappa shape index (κ1) is 15.9. The lowest BCUT2D eigenvalue weighted by Crippen LogP contribution is -2.33. The Morgan fingerprint density at radius 2 is 2.00 bits per heavy atom. The van der Waals surface area contributed by atoms with Crippen molar-refractivity contribution in [3.05, 3.63) is 29.6 Å². The Labute approximate surface area is 115 Å². The number of halogens is 1. The molecule has 0 saturated carbocycles. The molecule has 2 atom stereocenters. The summed E-state index contributed by atoms with van der Waals surface area (Å²) in [6, 6.07) is 5.06. The van der Waals surface area contributed by atoms with E-state index in [-0.39, 0.29) is 23.7 Å². The van der Waals surface area contributed by atoms with Crippen molar-refractivity contribution in [2.45, 2.75) is 39.3 Å². The van der Waals surface area contributed by atoms with Crippen LogP contribution in [0.5, 0.6) is 5.75 Å². The van der Waals surface area contributed by atoms with Crippen LogP contribution in [0, 0.1) is 5.82 Å². The monoisotopic (exact) mass is 269 g/mol. The molecular formula is C15H24FNO2. The van der Waals surface area contributed by atoms with Gasteiger partial charge in [-0.2, -0.15) is 0 Å². The number of hydrogen-bond acceptors (Lipinski definition) is 3. The Kier molecular flexibility index (Phi) is 6.81. The summed E-state index contributed by atoms with van der Waals surface area (Å²) < 4.78 is 24.5. The number of methoxy groups -OCH3 is 1. The first-order valence-corrected chi connectivity index (χ1v) is 6.86. The average Bonchev–Trinajstić information content (AvgIpc) is 2.42. The summed E-state index contributed by atoms with van der Waals surface area (Å²) >= 11 is 0. The van der Waals surface area contributed by atoms with E-state index < -0.39 is 0 Å². The highest BCUT2D eigenvalue weighted by atomic mass is 19.1. The minimum Gasteiger partial charge on any atom is -0.494 e. The van der Waals surface area contributed by atoms with Crippen LogP contribution in [-0.4, -0.2) is 26.4 Å². The minimum atomic E-state index is -0.339. The predicted octanol–water partition coefficient (Wildman–Crippen LogP) is 3.30. The summed E-state index contributed by atoms with van der Waals surface area (Å²) in [7, 11) is 1.47. The molecule has 1 rings (SSSR count). The number of likely N-dealkylation sites (N-methyl/N-ethyl adjacent to an activating group) is 1. The van der Waals surface area contributed by atoms with Crippen molar-refractivity contribution in [3.8, 4) is 5.75 Å². The van der Waals surface area contributed by atoms with E-state index in [0.29, 0.717) is 6.61 Å². The molecule has 0 aliphatic carbocycles. The fourth-order valence-electron chi connectivity index (χ4n) is 2.22. The summed E-state index contributed by atoms with van der Waals surface area (Å²) in [5.74, 6) is -0.0716. The first-order chi connectivity index (χ1) is 9.17. The summed E-state index contributed by atoms with van der Waals surface area (Å²) in [5.41, 5.74) is 0.889. The van der Waals surface area contributed by atoms with E-state index in [2.05, 4.69) is 12.2 Å². The molecule has 2 unspecified atom stereocenters. The third-order valence-electron chi connectivity index (χ3n) is 3.11. The van der Waals surface area contributed by atoms with Crippen molar-refractivity contribution in [3.63, 3.8) is 0 Å². The highest BCUT2D eigenvalue weighted by Gasteiger charge is 2.22. The van der Waals surface area contributed by atoms with Gasteiger partial charge in [0.05, 0.1) is 19.3 Å².